The molecule has 3 atom stereocenters. The van der Waals surface area contributed by atoms with Crippen LogP contribution >= 0.6 is 0 Å². The number of aryl methyl sites for hydroxylation is 3. The molecule has 326 valence electrons. The second-order valence-corrected chi connectivity index (χ2v) is 17.6. The molecule has 3 unspecified atom stereocenters. The van der Waals surface area contributed by atoms with Crippen LogP contribution in [0.2, 0.25) is 0 Å². The van der Waals surface area contributed by atoms with E-state index in [4.69, 9.17) is 4.74 Å². The standard InChI is InChI=1S/C52H61N3O7/c56-23-6-9-36-16-14-34-25-38(36)30-37-18-21-54-52(37)55-32-40-31-46-43(19-22-53-46)44(13-4-1-7-33-8-5-10-41(58)28-33)49(40)51(61)45(20-24-57)47(59)17-15-35-27-39(26-34)50(60)48(29-35)62-42-11-2-3-12-42/h5,8,10,14,16,18-19,21-22,25,27-29,31,42,44-45,49,53-58,60H,1-4,6-7,9,11-13,15,17,20,23-24,26,30,32H2. The fourth-order valence-electron chi connectivity index (χ4n) is 10.2. The van der Waals surface area contributed by atoms with Crippen LogP contribution in [0.1, 0.15) is 120 Å². The second-order valence-electron chi connectivity index (χ2n) is 17.6. The number of aromatic nitrogens is 2. The predicted molar refractivity (Wildman–Crippen MR) is 242 cm³/mol. The molecule has 7 N–H and O–H groups in total. The Bertz CT molecular complexity index is 2370. The maximum atomic E-state index is 15.2. The van der Waals surface area contributed by atoms with Gasteiger partial charge in [0.2, 0.25) is 0 Å². The minimum absolute atomic E-state index is 0.0196. The number of carbonyl (C=O) groups is 2. The molecule has 0 radical (unpaired) electrons. The minimum Gasteiger partial charge on any atom is -0.508 e. The molecule has 10 nitrogen and oxygen atoms in total. The molecule has 0 spiro atoms. The lowest BCUT2D eigenvalue weighted by Gasteiger charge is -2.34. The maximum Gasteiger partial charge on any atom is 0.161 e. The number of anilines is 1. The van der Waals surface area contributed by atoms with Crippen molar-refractivity contribution in [1.29, 1.82) is 0 Å². The number of phenolic OH excluding ortho intramolecular Hbond substituents is 2. The molecule has 10 heteroatoms. The molecule has 1 aliphatic heterocycles. The number of benzene rings is 3. The largest absolute Gasteiger partial charge is 0.508 e. The van der Waals surface area contributed by atoms with Crippen molar-refractivity contribution in [2.45, 2.75) is 108 Å². The number of ether oxygens (including phenoxy) is 1. The molecule has 4 bridgehead atoms. The first-order chi connectivity index (χ1) is 30.3. The van der Waals surface area contributed by atoms with Crippen LogP contribution in [0.3, 0.4) is 0 Å². The van der Waals surface area contributed by atoms with Gasteiger partial charge in [-0.3, -0.25) is 9.59 Å². The number of rotatable bonds is 12. The van der Waals surface area contributed by atoms with Gasteiger partial charge in [-0.05, 0) is 157 Å². The first kappa shape index (κ1) is 43.1. The summed E-state index contributed by atoms with van der Waals surface area (Å²) in [6.45, 7) is 0.179. The number of hydrogen-bond acceptors (Lipinski definition) is 8. The van der Waals surface area contributed by atoms with E-state index in [0.717, 1.165) is 114 Å². The van der Waals surface area contributed by atoms with E-state index in [1.807, 2.05) is 36.7 Å². The third kappa shape index (κ3) is 10.0. The number of phenols is 2. The summed E-state index contributed by atoms with van der Waals surface area (Å²) >= 11 is 0. The van der Waals surface area contributed by atoms with Gasteiger partial charge in [0.25, 0.3) is 0 Å². The summed E-state index contributed by atoms with van der Waals surface area (Å²) in [5.74, 6) is -0.493. The molecule has 1 saturated carbocycles. The molecular formula is C52H61N3O7. The molecule has 3 aromatic carbocycles. The highest BCUT2D eigenvalue weighted by atomic mass is 16.5. The molecule has 3 heterocycles. The van der Waals surface area contributed by atoms with E-state index in [2.05, 4.69) is 51.7 Å². The number of H-pyrrole nitrogens is 2. The fourth-order valence-corrected chi connectivity index (χ4v) is 10.2. The van der Waals surface area contributed by atoms with Crippen LogP contribution in [0.5, 0.6) is 17.2 Å². The Kier molecular flexibility index (Phi) is 14.0. The number of unbranched alkanes of at least 4 members (excludes halogenated alkanes) is 1. The van der Waals surface area contributed by atoms with Crippen LogP contribution in [0, 0.1) is 11.8 Å². The van der Waals surface area contributed by atoms with Crippen molar-refractivity contribution in [3.05, 3.63) is 135 Å². The smallest absolute Gasteiger partial charge is 0.161 e. The van der Waals surface area contributed by atoms with Crippen molar-refractivity contribution in [3.8, 4) is 17.2 Å². The number of aromatic hydroxyl groups is 2. The Morgan fingerprint density at radius 3 is 2.40 bits per heavy atom. The zero-order valence-corrected chi connectivity index (χ0v) is 35.6. The van der Waals surface area contributed by atoms with Crippen LogP contribution in [0.4, 0.5) is 5.82 Å². The zero-order valence-electron chi connectivity index (χ0n) is 35.6. The Labute approximate surface area is 364 Å². The number of hydrogen-bond donors (Lipinski definition) is 7. The van der Waals surface area contributed by atoms with E-state index in [-0.39, 0.29) is 61.1 Å². The topological polar surface area (TPSA) is 168 Å². The van der Waals surface area contributed by atoms with Gasteiger partial charge in [-0.1, -0.05) is 42.8 Å². The summed E-state index contributed by atoms with van der Waals surface area (Å²) in [5, 5.41) is 45.6. The van der Waals surface area contributed by atoms with Gasteiger partial charge in [0, 0.05) is 68.6 Å². The Morgan fingerprint density at radius 2 is 1.58 bits per heavy atom. The highest BCUT2D eigenvalue weighted by Crippen LogP contribution is 2.44. The van der Waals surface area contributed by atoms with Crippen molar-refractivity contribution in [3.63, 3.8) is 0 Å². The number of Topliss-reactive ketones (excluding diaryl/α,β-unsaturated/α-hetero) is 2. The third-order valence-corrected chi connectivity index (χ3v) is 13.4. The summed E-state index contributed by atoms with van der Waals surface area (Å²) in [4.78, 5) is 36.5. The van der Waals surface area contributed by atoms with Crippen LogP contribution < -0.4 is 10.1 Å². The predicted octanol–water partition coefficient (Wildman–Crippen LogP) is 8.89. The number of ketones is 2. The van der Waals surface area contributed by atoms with Crippen molar-refractivity contribution >= 4 is 23.5 Å². The number of aromatic amines is 2. The monoisotopic (exact) mass is 839 g/mol. The Morgan fingerprint density at radius 1 is 0.742 bits per heavy atom. The first-order valence-corrected chi connectivity index (χ1v) is 22.7. The lowest BCUT2D eigenvalue weighted by atomic mass is 9.69. The van der Waals surface area contributed by atoms with Crippen molar-refractivity contribution in [2.24, 2.45) is 11.8 Å². The highest BCUT2D eigenvalue weighted by molar-refractivity contribution is 6.05. The molecule has 2 aromatic heterocycles. The number of nitrogens with one attached hydrogen (secondary N) is 3. The summed E-state index contributed by atoms with van der Waals surface area (Å²) in [7, 11) is 0. The molecule has 1 fully saturated rings. The van der Waals surface area contributed by atoms with Crippen LogP contribution in [0.15, 0.2) is 84.7 Å². The van der Waals surface area contributed by atoms with Crippen molar-refractivity contribution in [1.82, 2.24) is 9.97 Å². The van der Waals surface area contributed by atoms with Gasteiger partial charge in [-0.15, -0.1) is 0 Å². The minimum atomic E-state index is -0.989. The molecule has 0 saturated heterocycles. The zero-order chi connectivity index (χ0) is 43.0. The first-order valence-electron chi connectivity index (χ1n) is 22.7. The maximum absolute atomic E-state index is 15.2. The molecular weight excluding hydrogens is 779 g/mol. The van der Waals surface area contributed by atoms with E-state index < -0.39 is 11.8 Å². The van der Waals surface area contributed by atoms with Gasteiger partial charge in [0.15, 0.2) is 17.3 Å². The fraction of sp³-hybridized carbons (Fsp3) is 0.423. The van der Waals surface area contributed by atoms with E-state index in [0.29, 0.717) is 43.5 Å². The quantitative estimate of drug-likeness (QED) is 0.0483. The molecule has 62 heavy (non-hydrogen) atoms. The van der Waals surface area contributed by atoms with Crippen molar-refractivity contribution < 1.29 is 34.8 Å². The summed E-state index contributed by atoms with van der Waals surface area (Å²) in [5.41, 5.74) is 9.92. The SMILES string of the molecule is O=C1CCc2cc(c(O)c(OC3CCCC3)c2)Cc2ccc(CCCO)c(c2)Cc2cc[nH]c2NCC2=Cc3[nH]ccc3C(CCCCc3cccc(O)c3)C2C(=O)C1CCO. The summed E-state index contributed by atoms with van der Waals surface area (Å²) < 4.78 is 6.45. The second kappa shape index (κ2) is 20.1. The number of fused-ring (bicyclic) bond motifs is 7. The van der Waals surface area contributed by atoms with E-state index in [9.17, 15) is 25.2 Å². The van der Waals surface area contributed by atoms with Gasteiger partial charge in [0.1, 0.15) is 17.4 Å². The molecule has 2 aliphatic carbocycles. The van der Waals surface area contributed by atoms with Gasteiger partial charge < -0.3 is 40.4 Å². The van der Waals surface area contributed by atoms with E-state index >= 15 is 4.79 Å². The van der Waals surface area contributed by atoms with Gasteiger partial charge in [-0.25, -0.2) is 0 Å². The number of aliphatic hydroxyl groups is 2. The third-order valence-electron chi connectivity index (χ3n) is 13.4. The Balaban J connectivity index is 1.17. The number of aliphatic hydroxyl groups excluding tert-OH is 2. The average Bonchev–Trinajstić information content (AvgIpc) is 4.07. The highest BCUT2D eigenvalue weighted by Gasteiger charge is 2.41. The van der Waals surface area contributed by atoms with Crippen molar-refractivity contribution in [2.75, 3.05) is 25.1 Å². The molecule has 5 aromatic rings. The summed E-state index contributed by atoms with van der Waals surface area (Å²) in [6, 6.07) is 21.7. The molecule has 3 aliphatic rings. The average molecular weight is 840 g/mol. The lowest BCUT2D eigenvalue weighted by Crippen LogP contribution is -2.38. The lowest BCUT2D eigenvalue weighted by molar-refractivity contribution is -0.135. The normalized spacial score (nSPS) is 19.6. The molecule has 0 amide bonds. The van der Waals surface area contributed by atoms with Crippen LogP contribution in [-0.2, 0) is 41.7 Å². The van der Waals surface area contributed by atoms with Crippen LogP contribution in [-0.4, -0.2) is 67.8 Å². The molecule has 8 rings (SSSR count). The van der Waals surface area contributed by atoms with Crippen LogP contribution in [0.25, 0.3) is 6.08 Å². The van der Waals surface area contributed by atoms with Gasteiger partial charge >= 0.3 is 0 Å². The van der Waals surface area contributed by atoms with Gasteiger partial charge in [0.05, 0.1) is 12.0 Å². The van der Waals surface area contributed by atoms with E-state index in [1.54, 1.807) is 12.1 Å². The van der Waals surface area contributed by atoms with Gasteiger partial charge in [-0.2, -0.15) is 0 Å². The number of carbonyl (C=O) groups excluding carboxylic acids is 2. The Hall–Kier alpha value is -5.58. The summed E-state index contributed by atoms with van der Waals surface area (Å²) in [6.07, 6.45) is 16.1. The van der Waals surface area contributed by atoms with E-state index in [1.165, 1.54) is 0 Å².